The van der Waals surface area contributed by atoms with Crippen LogP contribution in [0.4, 0.5) is 5.69 Å². The van der Waals surface area contributed by atoms with Gasteiger partial charge in [0.2, 0.25) is 10.0 Å². The average molecular weight is 306 g/mol. The van der Waals surface area contributed by atoms with Gasteiger partial charge in [0.1, 0.15) is 0 Å². The Kier molecular flexibility index (Phi) is 5.20. The second kappa shape index (κ2) is 6.09. The largest absolute Gasteiger partial charge is 0.397 e. The Balaban J connectivity index is 3.07. The Hall–Kier alpha value is -0.820. The van der Waals surface area contributed by atoms with Crippen LogP contribution in [0.25, 0.3) is 0 Å². The van der Waals surface area contributed by atoms with Crippen LogP contribution in [0, 0.1) is 6.92 Å². The average Bonchev–Trinajstić information content (AvgIpc) is 2.31. The van der Waals surface area contributed by atoms with Gasteiger partial charge in [0.05, 0.1) is 15.6 Å². The molecule has 0 heterocycles. The number of halogens is 1. The first kappa shape index (κ1) is 16.2. The van der Waals surface area contributed by atoms with Gasteiger partial charge in [0, 0.05) is 20.1 Å². The lowest BCUT2D eigenvalue weighted by molar-refractivity contribution is 0.358. The van der Waals surface area contributed by atoms with Gasteiger partial charge >= 0.3 is 0 Å². The van der Waals surface area contributed by atoms with E-state index in [2.05, 4.69) is 0 Å². The fraction of sp³-hybridized carbons (Fsp3) is 0.500. The van der Waals surface area contributed by atoms with E-state index in [0.29, 0.717) is 23.7 Å². The first-order valence-corrected chi connectivity index (χ1v) is 7.64. The quantitative estimate of drug-likeness (QED) is 0.835. The number of hydrogen-bond acceptors (Lipinski definition) is 4. The first-order chi connectivity index (χ1) is 8.66. The number of rotatable bonds is 5. The summed E-state index contributed by atoms with van der Waals surface area (Å²) in [6.45, 7) is 2.80. The molecule has 0 saturated heterocycles. The summed E-state index contributed by atoms with van der Waals surface area (Å²) < 4.78 is 26.1. The monoisotopic (exact) mass is 305 g/mol. The number of sulfonamides is 1. The minimum atomic E-state index is -3.53. The molecule has 0 unspecified atom stereocenters. The van der Waals surface area contributed by atoms with Crippen molar-refractivity contribution in [2.24, 2.45) is 0 Å². The van der Waals surface area contributed by atoms with Crippen molar-refractivity contribution in [2.45, 2.75) is 11.8 Å². The van der Waals surface area contributed by atoms with Crippen LogP contribution in [0.15, 0.2) is 17.0 Å². The van der Waals surface area contributed by atoms with Crippen molar-refractivity contribution < 1.29 is 8.42 Å². The molecule has 0 aliphatic carbocycles. The van der Waals surface area contributed by atoms with Gasteiger partial charge in [-0.3, -0.25) is 0 Å². The Bertz CT molecular complexity index is 535. The normalized spacial score (nSPS) is 12.4. The smallest absolute Gasteiger partial charge is 0.242 e. The van der Waals surface area contributed by atoms with Gasteiger partial charge < -0.3 is 10.6 Å². The van der Waals surface area contributed by atoms with E-state index in [0.717, 1.165) is 0 Å². The molecule has 5 nitrogen and oxygen atoms in total. The third-order valence-corrected chi connectivity index (χ3v) is 5.18. The summed E-state index contributed by atoms with van der Waals surface area (Å²) in [5.74, 6) is 0. The number of benzene rings is 1. The zero-order valence-electron chi connectivity index (χ0n) is 11.6. The molecule has 2 N–H and O–H groups in total. The number of nitrogen functional groups attached to an aromatic ring is 1. The van der Waals surface area contributed by atoms with E-state index in [4.69, 9.17) is 17.3 Å². The molecule has 0 atom stereocenters. The molecule has 0 saturated carbocycles. The molecule has 0 radical (unpaired) electrons. The van der Waals surface area contributed by atoms with Crippen LogP contribution in [0.5, 0.6) is 0 Å². The molecule has 0 aliphatic heterocycles. The minimum Gasteiger partial charge on any atom is -0.397 e. The van der Waals surface area contributed by atoms with Gasteiger partial charge in [-0.1, -0.05) is 11.6 Å². The third-order valence-electron chi connectivity index (χ3n) is 2.83. The molecular formula is C12H20ClN3O2S. The predicted octanol–water partition coefficient (Wildman–Crippen LogP) is 1.41. The van der Waals surface area contributed by atoms with Crippen LogP contribution >= 0.6 is 11.6 Å². The molecule has 0 aromatic heterocycles. The molecule has 7 heteroatoms. The number of likely N-dealkylation sites (N-methyl/N-ethyl adjacent to an activating group) is 2. The van der Waals surface area contributed by atoms with Gasteiger partial charge in [0.15, 0.2) is 0 Å². The van der Waals surface area contributed by atoms with E-state index in [1.165, 1.54) is 10.4 Å². The fourth-order valence-electron chi connectivity index (χ4n) is 1.55. The summed E-state index contributed by atoms with van der Waals surface area (Å²) in [7, 11) is 1.81. The van der Waals surface area contributed by atoms with Crippen LogP contribution in [-0.4, -0.2) is 51.9 Å². The van der Waals surface area contributed by atoms with Crippen LogP contribution in [-0.2, 0) is 10.0 Å². The molecule has 0 amide bonds. The zero-order valence-corrected chi connectivity index (χ0v) is 13.2. The summed E-state index contributed by atoms with van der Waals surface area (Å²) in [4.78, 5) is 2.10. The fourth-order valence-corrected chi connectivity index (χ4v) is 2.95. The summed E-state index contributed by atoms with van der Waals surface area (Å²) in [6.07, 6.45) is 0. The maximum atomic E-state index is 12.4. The van der Waals surface area contributed by atoms with Crippen molar-refractivity contribution in [3.05, 3.63) is 22.7 Å². The highest BCUT2D eigenvalue weighted by Gasteiger charge is 2.22. The number of nitrogens with two attached hydrogens (primary N) is 1. The van der Waals surface area contributed by atoms with E-state index in [-0.39, 0.29) is 10.6 Å². The van der Waals surface area contributed by atoms with Gasteiger partial charge in [-0.2, -0.15) is 4.31 Å². The Labute approximate surface area is 120 Å². The molecular weight excluding hydrogens is 286 g/mol. The Morgan fingerprint density at radius 3 is 2.26 bits per heavy atom. The lowest BCUT2D eigenvalue weighted by Gasteiger charge is -2.20. The standard InChI is InChI=1S/C12H20ClN3O2S/c1-9-7-10(8-11(14)12(9)13)19(17,18)16(4)6-5-15(2)3/h7-8H,5-6,14H2,1-4H3. The molecule has 1 aromatic rings. The molecule has 0 aliphatic rings. The second-order valence-corrected chi connectivity index (χ2v) is 7.20. The summed E-state index contributed by atoms with van der Waals surface area (Å²) in [5, 5.41) is 0.398. The van der Waals surface area contributed by atoms with Gasteiger partial charge in [-0.25, -0.2) is 8.42 Å². The molecule has 1 aromatic carbocycles. The molecule has 108 valence electrons. The molecule has 0 spiro atoms. The van der Waals surface area contributed by atoms with E-state index in [1.807, 2.05) is 19.0 Å². The van der Waals surface area contributed by atoms with Crippen molar-refractivity contribution in [3.8, 4) is 0 Å². The maximum Gasteiger partial charge on any atom is 0.242 e. The summed E-state index contributed by atoms with van der Waals surface area (Å²) in [6, 6.07) is 2.94. The van der Waals surface area contributed by atoms with Crippen molar-refractivity contribution in [3.63, 3.8) is 0 Å². The van der Waals surface area contributed by atoms with Crippen molar-refractivity contribution in [2.75, 3.05) is 40.0 Å². The van der Waals surface area contributed by atoms with E-state index < -0.39 is 10.0 Å². The highest BCUT2D eigenvalue weighted by molar-refractivity contribution is 7.89. The number of nitrogens with zero attached hydrogens (tertiary/aromatic N) is 2. The van der Waals surface area contributed by atoms with Gasteiger partial charge in [-0.05, 0) is 38.7 Å². The van der Waals surface area contributed by atoms with E-state index >= 15 is 0 Å². The molecule has 1 rings (SSSR count). The van der Waals surface area contributed by atoms with Gasteiger partial charge in [0.25, 0.3) is 0 Å². The lowest BCUT2D eigenvalue weighted by atomic mass is 10.2. The lowest BCUT2D eigenvalue weighted by Crippen LogP contribution is -2.33. The van der Waals surface area contributed by atoms with Crippen molar-refractivity contribution in [1.82, 2.24) is 9.21 Å². The molecule has 19 heavy (non-hydrogen) atoms. The van der Waals surface area contributed by atoms with Gasteiger partial charge in [-0.15, -0.1) is 0 Å². The SMILES string of the molecule is Cc1cc(S(=O)(=O)N(C)CCN(C)C)cc(N)c1Cl. The Morgan fingerprint density at radius 2 is 1.79 bits per heavy atom. The van der Waals surface area contributed by atoms with E-state index in [9.17, 15) is 8.42 Å². The predicted molar refractivity (Wildman–Crippen MR) is 79.0 cm³/mol. The van der Waals surface area contributed by atoms with Crippen LogP contribution in [0.1, 0.15) is 5.56 Å². The third kappa shape index (κ3) is 3.82. The van der Waals surface area contributed by atoms with Crippen LogP contribution in [0.3, 0.4) is 0 Å². The van der Waals surface area contributed by atoms with Crippen molar-refractivity contribution in [1.29, 1.82) is 0 Å². The van der Waals surface area contributed by atoms with Crippen molar-refractivity contribution >= 4 is 27.3 Å². The summed E-state index contributed by atoms with van der Waals surface area (Å²) >= 11 is 5.94. The minimum absolute atomic E-state index is 0.174. The van der Waals surface area contributed by atoms with Crippen LogP contribution < -0.4 is 5.73 Å². The highest BCUT2D eigenvalue weighted by Crippen LogP contribution is 2.27. The Morgan fingerprint density at radius 1 is 1.21 bits per heavy atom. The maximum absolute atomic E-state index is 12.4. The van der Waals surface area contributed by atoms with Crippen LogP contribution in [0.2, 0.25) is 5.02 Å². The topological polar surface area (TPSA) is 66.6 Å². The number of hydrogen-bond donors (Lipinski definition) is 1. The second-order valence-electron chi connectivity index (χ2n) is 4.77. The first-order valence-electron chi connectivity index (χ1n) is 5.83. The van der Waals surface area contributed by atoms with E-state index in [1.54, 1.807) is 20.0 Å². The molecule has 0 fully saturated rings. The zero-order chi connectivity index (χ0) is 14.8. The molecule has 0 bridgehead atoms. The highest BCUT2D eigenvalue weighted by atomic mass is 35.5. The summed E-state index contributed by atoms with van der Waals surface area (Å²) in [5.41, 5.74) is 6.65. The number of anilines is 1. The number of aryl methyl sites for hydroxylation is 1.